The van der Waals surface area contributed by atoms with Crippen molar-refractivity contribution >= 4 is 16.9 Å². The van der Waals surface area contributed by atoms with Gasteiger partial charge in [-0.1, -0.05) is 0 Å². The fraction of sp³-hybridized carbons (Fsp3) is 0.515. The van der Waals surface area contributed by atoms with Crippen LogP contribution in [0.3, 0.4) is 0 Å². The van der Waals surface area contributed by atoms with E-state index in [0.717, 1.165) is 24.3 Å². The predicted octanol–water partition coefficient (Wildman–Crippen LogP) is -3.77. The molecule has 3 aliphatic rings. The molecule has 0 aliphatic carbocycles. The maximum absolute atomic E-state index is 13.4. The summed E-state index contributed by atoms with van der Waals surface area (Å²) in [5, 5.41) is 134. The van der Waals surface area contributed by atoms with Crippen molar-refractivity contribution in [3.63, 3.8) is 0 Å². The SMILES string of the molecule is C[C@@H]1O[C@@H](O[C@@H]2[C@@H](O)[C@H](OC[C@H]3O[C@@H](Oc4cc(O)cc5oc(-c6ccc(O)c(O)c6)c(O)c(=O)c45)[C@H](O)[C@@H](O)[C@@H]3O)O[C@H](C(=O)O)[C@H]2O)[C@H](O)[C@H](O)[C@H]1O. The van der Waals surface area contributed by atoms with E-state index in [9.17, 15) is 76.0 Å². The van der Waals surface area contributed by atoms with Crippen LogP contribution in [-0.2, 0) is 28.5 Å². The lowest BCUT2D eigenvalue weighted by Crippen LogP contribution is -2.65. The predicted molar refractivity (Wildman–Crippen MR) is 173 cm³/mol. The monoisotopic (exact) mass is 786 g/mol. The molecule has 2 aromatic carbocycles. The second-order valence-corrected chi connectivity index (χ2v) is 13.1. The van der Waals surface area contributed by atoms with Crippen LogP contribution in [0.25, 0.3) is 22.3 Å². The van der Waals surface area contributed by atoms with E-state index >= 15 is 0 Å². The van der Waals surface area contributed by atoms with Crippen molar-refractivity contribution in [2.75, 3.05) is 6.61 Å². The van der Waals surface area contributed by atoms with Gasteiger partial charge in [-0.2, -0.15) is 0 Å². The zero-order valence-electron chi connectivity index (χ0n) is 28.2. The first kappa shape index (κ1) is 40.3. The molecule has 0 bridgehead atoms. The Morgan fingerprint density at radius 1 is 0.727 bits per heavy atom. The lowest BCUT2D eigenvalue weighted by molar-refractivity contribution is -0.358. The number of aromatic hydroxyl groups is 4. The molecule has 22 heteroatoms. The number of fused-ring (bicyclic) bond motifs is 1. The highest BCUT2D eigenvalue weighted by atomic mass is 16.7. The van der Waals surface area contributed by atoms with Crippen molar-refractivity contribution in [3.05, 3.63) is 40.6 Å². The van der Waals surface area contributed by atoms with Gasteiger partial charge in [0.1, 0.15) is 83.5 Å². The average Bonchev–Trinajstić information content (AvgIpc) is 3.13. The molecule has 3 saturated heterocycles. The summed E-state index contributed by atoms with van der Waals surface area (Å²) in [4.78, 5) is 25.3. The van der Waals surface area contributed by atoms with Crippen molar-refractivity contribution in [2.45, 2.75) is 99.0 Å². The first-order valence-corrected chi connectivity index (χ1v) is 16.5. The summed E-state index contributed by atoms with van der Waals surface area (Å²) in [6.07, 6.45) is -28.1. The third kappa shape index (κ3) is 7.60. The molecule has 0 amide bonds. The molecule has 55 heavy (non-hydrogen) atoms. The zero-order valence-corrected chi connectivity index (χ0v) is 28.2. The number of aliphatic carboxylic acids is 1. The third-order valence-electron chi connectivity index (χ3n) is 9.38. The summed E-state index contributed by atoms with van der Waals surface area (Å²) in [5.74, 6) is -5.46. The Kier molecular flexibility index (Phi) is 11.4. The van der Waals surface area contributed by atoms with E-state index in [1.54, 1.807) is 0 Å². The summed E-state index contributed by atoms with van der Waals surface area (Å²) in [5.41, 5.74) is -1.56. The third-order valence-corrected chi connectivity index (χ3v) is 9.38. The van der Waals surface area contributed by atoms with Crippen LogP contribution in [0, 0.1) is 0 Å². The number of hydrogen-bond donors (Lipinski definition) is 13. The first-order chi connectivity index (χ1) is 25.9. The van der Waals surface area contributed by atoms with E-state index in [4.69, 9.17) is 32.8 Å². The molecule has 22 nitrogen and oxygen atoms in total. The Balaban J connectivity index is 1.22. The van der Waals surface area contributed by atoms with E-state index in [2.05, 4.69) is 0 Å². The minimum absolute atomic E-state index is 0.0501. The van der Waals surface area contributed by atoms with Crippen molar-refractivity contribution < 1.29 is 104 Å². The fourth-order valence-corrected chi connectivity index (χ4v) is 6.30. The second kappa shape index (κ2) is 15.6. The highest BCUT2D eigenvalue weighted by molar-refractivity contribution is 5.88. The number of benzene rings is 2. The van der Waals surface area contributed by atoms with Crippen LogP contribution in [0.1, 0.15) is 6.92 Å². The minimum atomic E-state index is -2.13. The van der Waals surface area contributed by atoms with Gasteiger partial charge in [-0.3, -0.25) is 4.79 Å². The largest absolute Gasteiger partial charge is 0.508 e. The number of phenolic OH excluding ortho intramolecular Hbond substituents is 3. The molecule has 3 fully saturated rings. The van der Waals surface area contributed by atoms with Gasteiger partial charge in [-0.15, -0.1) is 0 Å². The maximum Gasteiger partial charge on any atom is 0.335 e. The van der Waals surface area contributed by atoms with Gasteiger partial charge in [0.25, 0.3) is 0 Å². The molecule has 302 valence electrons. The van der Waals surface area contributed by atoms with Gasteiger partial charge in [0.2, 0.25) is 17.5 Å². The second-order valence-electron chi connectivity index (χ2n) is 13.1. The summed E-state index contributed by atoms with van der Waals surface area (Å²) in [6, 6.07) is 5.11. The van der Waals surface area contributed by atoms with Crippen molar-refractivity contribution in [1.82, 2.24) is 0 Å². The van der Waals surface area contributed by atoms with E-state index in [1.165, 1.54) is 13.0 Å². The lowest BCUT2D eigenvalue weighted by Gasteiger charge is -2.45. The van der Waals surface area contributed by atoms with E-state index in [-0.39, 0.29) is 11.1 Å². The highest BCUT2D eigenvalue weighted by Crippen LogP contribution is 2.39. The Morgan fingerprint density at radius 2 is 1.40 bits per heavy atom. The van der Waals surface area contributed by atoms with E-state index in [1.807, 2.05) is 0 Å². The zero-order chi connectivity index (χ0) is 40.2. The molecule has 3 aliphatic heterocycles. The Bertz CT molecular complexity index is 1940. The van der Waals surface area contributed by atoms with Crippen LogP contribution in [0.5, 0.6) is 28.7 Å². The molecule has 0 radical (unpaired) electrons. The summed E-state index contributed by atoms with van der Waals surface area (Å²) >= 11 is 0. The van der Waals surface area contributed by atoms with E-state index in [0.29, 0.717) is 0 Å². The summed E-state index contributed by atoms with van der Waals surface area (Å²) in [7, 11) is 0. The van der Waals surface area contributed by atoms with Crippen LogP contribution >= 0.6 is 0 Å². The van der Waals surface area contributed by atoms with Gasteiger partial charge in [0.05, 0.1) is 12.7 Å². The van der Waals surface area contributed by atoms with Crippen LogP contribution in [-0.4, -0.2) is 171 Å². The molecule has 13 N–H and O–H groups in total. The van der Waals surface area contributed by atoms with Crippen molar-refractivity contribution in [3.8, 4) is 40.1 Å². The molecule has 0 saturated carbocycles. The van der Waals surface area contributed by atoms with Gasteiger partial charge >= 0.3 is 5.97 Å². The number of ether oxygens (including phenoxy) is 6. The number of rotatable bonds is 9. The fourth-order valence-electron chi connectivity index (χ4n) is 6.30. The Morgan fingerprint density at radius 3 is 2.07 bits per heavy atom. The number of aliphatic hydroxyl groups excluding tert-OH is 8. The van der Waals surface area contributed by atoms with Gasteiger partial charge in [-0.05, 0) is 25.1 Å². The van der Waals surface area contributed by atoms with Gasteiger partial charge in [-0.25, -0.2) is 4.79 Å². The van der Waals surface area contributed by atoms with Gasteiger partial charge in [0, 0.05) is 17.7 Å². The van der Waals surface area contributed by atoms with E-state index < -0.39 is 150 Å². The van der Waals surface area contributed by atoms with Crippen molar-refractivity contribution in [2.24, 2.45) is 0 Å². The number of aliphatic hydroxyl groups is 8. The van der Waals surface area contributed by atoms with Crippen molar-refractivity contribution in [1.29, 1.82) is 0 Å². The number of hydrogen-bond acceptors (Lipinski definition) is 21. The van der Waals surface area contributed by atoms with Crippen LogP contribution in [0.2, 0.25) is 0 Å². The Labute approximate surface area is 307 Å². The molecule has 0 unspecified atom stereocenters. The molecule has 6 rings (SSSR count). The molecular weight excluding hydrogens is 748 g/mol. The number of carboxylic acids is 1. The molecule has 4 heterocycles. The molecular formula is C33H38O22. The van der Waals surface area contributed by atoms with Crippen LogP contribution in [0.15, 0.2) is 39.5 Å². The van der Waals surface area contributed by atoms with Crippen LogP contribution in [0.4, 0.5) is 0 Å². The first-order valence-electron chi connectivity index (χ1n) is 16.5. The Hall–Kier alpha value is -4.40. The average molecular weight is 787 g/mol. The minimum Gasteiger partial charge on any atom is -0.508 e. The summed E-state index contributed by atoms with van der Waals surface area (Å²) < 4.78 is 38.4. The molecule has 0 spiro atoms. The van der Waals surface area contributed by atoms with Crippen LogP contribution < -0.4 is 10.2 Å². The maximum atomic E-state index is 13.4. The molecule has 1 aromatic heterocycles. The number of carboxylic acid groups (broad SMARTS) is 1. The van der Waals surface area contributed by atoms with Gasteiger partial charge < -0.3 is 99.2 Å². The quantitative estimate of drug-likeness (QED) is 0.0926. The van der Waals surface area contributed by atoms with Gasteiger partial charge in [0.15, 0.2) is 35.9 Å². The topological polar surface area (TPSA) is 366 Å². The summed E-state index contributed by atoms with van der Waals surface area (Å²) in [6.45, 7) is 0.458. The highest BCUT2D eigenvalue weighted by Gasteiger charge is 2.53. The molecule has 3 aromatic rings. The number of carbonyl (C=O) groups is 1. The smallest absolute Gasteiger partial charge is 0.335 e. The molecule has 15 atom stereocenters. The standard InChI is InChI=1S/C33H38O22/c1-8-17(37)20(40)23(43)32(50-8)54-28-25(45)29(30(47)48)55-31(26(28)46)49-7-15-18(38)21(41)24(44)33(53-15)52-14-6-10(34)5-13-16(14)19(39)22(42)27(51-13)9-2-3-11(35)12(36)4-9/h2-6,8,15,17-18,20-21,23-26,28-29,31-38,40-46H,7H2,1H3,(H,47,48)/t8-,15+,17-,18+,20+,21-,23+,24+,25-,26+,28-,29-,31+,32-,33+/m0/s1. The number of phenols is 3. The normalized spacial score (nSPS) is 36.8. The lowest BCUT2D eigenvalue weighted by atomic mass is 9.96.